The largest absolute Gasteiger partial charge is 0.291 e. The van der Waals surface area contributed by atoms with Crippen molar-refractivity contribution in [3.05, 3.63) is 100 Å². The molecule has 0 amide bonds. The van der Waals surface area contributed by atoms with Crippen LogP contribution in [0.25, 0.3) is 17.1 Å². The number of aromatic amines is 1. The molecule has 0 aliphatic rings. The first-order chi connectivity index (χ1) is 18.9. The average Bonchev–Trinajstić information content (AvgIpc) is 3.60. The van der Waals surface area contributed by atoms with Crippen molar-refractivity contribution in [1.29, 1.82) is 0 Å². The highest BCUT2D eigenvalue weighted by molar-refractivity contribution is 7.98. The lowest BCUT2D eigenvalue weighted by molar-refractivity contribution is 0.506. The lowest BCUT2D eigenvalue weighted by Crippen LogP contribution is -2.23. The van der Waals surface area contributed by atoms with Gasteiger partial charge in [-0.05, 0) is 52.7 Å². The van der Waals surface area contributed by atoms with E-state index >= 15 is 0 Å². The number of halogens is 3. The van der Waals surface area contributed by atoms with Gasteiger partial charge in [0.25, 0.3) is 0 Å². The molecular formula is C27H23ClF2N6O2S2. The molecule has 0 spiro atoms. The van der Waals surface area contributed by atoms with Crippen LogP contribution in [-0.4, -0.2) is 44.8 Å². The van der Waals surface area contributed by atoms with Crippen LogP contribution in [0.15, 0.2) is 76.9 Å². The van der Waals surface area contributed by atoms with Gasteiger partial charge >= 0.3 is 0 Å². The standard InChI is InChI=1S/C27H23ClF2N6O2S2/c1-27(2,17-5-8-19(9-6-17)40(3,37)38)24-14-31-26(36(24)18-7-11-22(29)23(30)13-18)39-15-16-4-10-21(28)20(12-16)25-32-34-35-33-25/h4-14H,15H2,1-3H3,(H,32,33,34,35). The van der Waals surface area contributed by atoms with Gasteiger partial charge in [-0.25, -0.2) is 22.2 Å². The minimum Gasteiger partial charge on any atom is -0.291 e. The summed E-state index contributed by atoms with van der Waals surface area (Å²) in [6.07, 6.45) is 2.85. The van der Waals surface area contributed by atoms with Gasteiger partial charge in [0.2, 0.25) is 5.82 Å². The topological polar surface area (TPSA) is 106 Å². The Morgan fingerprint density at radius 1 is 1.02 bits per heavy atom. The molecule has 40 heavy (non-hydrogen) atoms. The Kier molecular flexibility index (Phi) is 7.51. The van der Waals surface area contributed by atoms with E-state index < -0.39 is 26.9 Å². The van der Waals surface area contributed by atoms with Crippen molar-refractivity contribution in [1.82, 2.24) is 30.2 Å². The predicted octanol–water partition coefficient (Wildman–Crippen LogP) is 6.01. The second kappa shape index (κ2) is 10.8. The molecule has 5 rings (SSSR count). The summed E-state index contributed by atoms with van der Waals surface area (Å²) >= 11 is 7.74. The molecule has 13 heteroatoms. The highest BCUT2D eigenvalue weighted by Gasteiger charge is 2.30. The Bertz CT molecular complexity index is 1790. The minimum absolute atomic E-state index is 0.209. The van der Waals surface area contributed by atoms with Crippen LogP contribution >= 0.6 is 23.4 Å². The molecule has 0 radical (unpaired) electrons. The van der Waals surface area contributed by atoms with Crippen molar-refractivity contribution >= 4 is 33.2 Å². The molecule has 206 valence electrons. The Balaban J connectivity index is 1.54. The summed E-state index contributed by atoms with van der Waals surface area (Å²) in [6.45, 7) is 3.92. The molecule has 0 saturated heterocycles. The lowest BCUT2D eigenvalue weighted by atomic mass is 9.81. The maximum Gasteiger partial charge on any atom is 0.206 e. The lowest BCUT2D eigenvalue weighted by Gasteiger charge is -2.27. The maximum atomic E-state index is 14.4. The van der Waals surface area contributed by atoms with Gasteiger partial charge in [-0.15, -0.1) is 10.2 Å². The number of aromatic nitrogens is 6. The second-order valence-corrected chi connectivity index (χ2v) is 13.0. The number of hydrogen-bond donors (Lipinski definition) is 1. The number of thioether (sulfide) groups is 1. The Hall–Kier alpha value is -3.61. The fourth-order valence-electron chi connectivity index (χ4n) is 4.28. The number of H-pyrrole nitrogens is 1. The molecule has 0 atom stereocenters. The summed E-state index contributed by atoms with van der Waals surface area (Å²) in [4.78, 5) is 4.86. The molecule has 0 aliphatic carbocycles. The molecule has 3 aromatic carbocycles. The molecule has 2 aromatic heterocycles. The van der Waals surface area contributed by atoms with Gasteiger partial charge in [0.05, 0.1) is 27.5 Å². The van der Waals surface area contributed by atoms with Gasteiger partial charge in [0, 0.05) is 29.1 Å². The van der Waals surface area contributed by atoms with E-state index in [-0.39, 0.29) is 4.90 Å². The van der Waals surface area contributed by atoms with Crippen molar-refractivity contribution in [3.8, 4) is 17.1 Å². The number of benzene rings is 3. The zero-order valence-electron chi connectivity index (χ0n) is 21.6. The zero-order chi connectivity index (χ0) is 28.7. The van der Waals surface area contributed by atoms with E-state index in [1.165, 1.54) is 17.8 Å². The van der Waals surface area contributed by atoms with Crippen molar-refractivity contribution in [2.24, 2.45) is 0 Å². The van der Waals surface area contributed by atoms with Crippen LogP contribution in [0.1, 0.15) is 30.7 Å². The number of rotatable bonds is 8. The summed E-state index contributed by atoms with van der Waals surface area (Å²) in [5.74, 6) is -1.09. The van der Waals surface area contributed by atoms with Gasteiger partial charge < -0.3 is 0 Å². The molecule has 8 nitrogen and oxygen atoms in total. The number of nitrogens with one attached hydrogen (secondary N) is 1. The molecular weight excluding hydrogens is 578 g/mol. The fourth-order valence-corrected chi connectivity index (χ4v) is 6.04. The molecule has 0 bridgehead atoms. The van der Waals surface area contributed by atoms with Gasteiger partial charge in [-0.1, -0.05) is 55.4 Å². The van der Waals surface area contributed by atoms with E-state index in [2.05, 4.69) is 25.6 Å². The molecule has 1 N–H and O–H groups in total. The van der Waals surface area contributed by atoms with Crippen molar-refractivity contribution in [2.75, 3.05) is 6.26 Å². The number of sulfone groups is 1. The minimum atomic E-state index is -3.36. The van der Waals surface area contributed by atoms with E-state index in [1.807, 2.05) is 26.0 Å². The third-order valence-electron chi connectivity index (χ3n) is 6.52. The number of imidazole rings is 1. The number of tetrazole rings is 1. The molecule has 0 fully saturated rings. The Morgan fingerprint density at radius 3 is 2.42 bits per heavy atom. The third-order valence-corrected chi connectivity index (χ3v) is 9.00. The van der Waals surface area contributed by atoms with Crippen LogP contribution in [0.2, 0.25) is 5.02 Å². The highest BCUT2D eigenvalue weighted by Crippen LogP contribution is 2.37. The maximum absolute atomic E-state index is 14.4. The zero-order valence-corrected chi connectivity index (χ0v) is 23.9. The predicted molar refractivity (Wildman–Crippen MR) is 149 cm³/mol. The number of nitrogens with zero attached hydrogens (tertiary/aromatic N) is 5. The van der Waals surface area contributed by atoms with Crippen LogP contribution < -0.4 is 0 Å². The van der Waals surface area contributed by atoms with Crippen molar-refractivity contribution in [2.45, 2.75) is 35.1 Å². The smallest absolute Gasteiger partial charge is 0.206 e. The quantitative estimate of drug-likeness (QED) is 0.218. The number of hydrogen-bond acceptors (Lipinski definition) is 7. The molecule has 0 saturated carbocycles. The van der Waals surface area contributed by atoms with E-state index in [1.54, 1.807) is 41.1 Å². The summed E-state index contributed by atoms with van der Waals surface area (Å²) in [7, 11) is -3.36. The van der Waals surface area contributed by atoms with E-state index in [9.17, 15) is 17.2 Å². The normalized spacial score (nSPS) is 12.2. The van der Waals surface area contributed by atoms with Gasteiger partial charge in [0.15, 0.2) is 26.6 Å². The third kappa shape index (κ3) is 5.51. The second-order valence-electron chi connectivity index (χ2n) is 9.62. The molecule has 0 aliphatic heterocycles. The van der Waals surface area contributed by atoms with Crippen molar-refractivity contribution < 1.29 is 17.2 Å². The van der Waals surface area contributed by atoms with Gasteiger partial charge in [0.1, 0.15) is 0 Å². The molecule has 0 unspecified atom stereocenters. The van der Waals surface area contributed by atoms with E-state index in [0.29, 0.717) is 38.7 Å². The summed E-state index contributed by atoms with van der Waals surface area (Å²) < 4.78 is 53.9. The summed E-state index contributed by atoms with van der Waals surface area (Å²) in [5.41, 5.74) is 2.78. The van der Waals surface area contributed by atoms with Crippen LogP contribution in [0.3, 0.4) is 0 Å². The summed E-state index contributed by atoms with van der Waals surface area (Å²) in [5, 5.41) is 15.0. The molecule has 5 aromatic rings. The van der Waals surface area contributed by atoms with Crippen LogP contribution in [-0.2, 0) is 21.0 Å². The van der Waals surface area contributed by atoms with Crippen molar-refractivity contribution in [3.63, 3.8) is 0 Å². The van der Waals surface area contributed by atoms with E-state index in [0.717, 1.165) is 29.5 Å². The van der Waals surface area contributed by atoms with Crippen LogP contribution in [0.4, 0.5) is 8.78 Å². The van der Waals surface area contributed by atoms with Gasteiger partial charge in [-0.3, -0.25) is 4.57 Å². The first kappa shape index (κ1) is 27.9. The fraction of sp³-hybridized carbons (Fsp3) is 0.185. The average molecular weight is 601 g/mol. The van der Waals surface area contributed by atoms with Gasteiger partial charge in [-0.2, -0.15) is 5.21 Å². The van der Waals surface area contributed by atoms with Crippen LogP contribution in [0.5, 0.6) is 0 Å². The monoisotopic (exact) mass is 600 g/mol. The first-order valence-electron chi connectivity index (χ1n) is 11.9. The Morgan fingerprint density at radius 2 is 1.77 bits per heavy atom. The molecule has 2 heterocycles. The SMILES string of the molecule is CC(C)(c1ccc(S(C)(=O)=O)cc1)c1cnc(SCc2ccc(Cl)c(-c3nn[nH]n3)c2)n1-c1ccc(F)c(F)c1. The first-order valence-corrected chi connectivity index (χ1v) is 15.2. The van der Waals surface area contributed by atoms with Crippen LogP contribution in [0, 0.1) is 11.6 Å². The Labute approximate surface area is 238 Å². The highest BCUT2D eigenvalue weighted by atomic mass is 35.5. The van der Waals surface area contributed by atoms with E-state index in [4.69, 9.17) is 11.6 Å². The summed E-state index contributed by atoms with van der Waals surface area (Å²) in [6, 6.07) is 15.8.